The van der Waals surface area contributed by atoms with E-state index in [0.29, 0.717) is 0 Å². The van der Waals surface area contributed by atoms with Crippen molar-refractivity contribution < 1.29 is 0 Å². The van der Waals surface area contributed by atoms with Gasteiger partial charge in [-0.1, -0.05) is 12.7 Å². The Morgan fingerprint density at radius 3 is 2.89 bits per heavy atom. The summed E-state index contributed by atoms with van der Waals surface area (Å²) in [6, 6.07) is 0. The van der Waals surface area contributed by atoms with E-state index < -0.39 is 0 Å². The van der Waals surface area contributed by atoms with Gasteiger partial charge in [-0.05, 0) is 19.2 Å². The predicted octanol–water partition coefficient (Wildman–Crippen LogP) is 2.02. The Bertz CT molecular complexity index is 136. The molecule has 1 nitrogen and oxygen atoms in total. The molecular formula is C7H12NP. The average Bonchev–Trinajstić information content (AvgIpc) is 1.89. The topological polar surface area (TPSA) is 12.4 Å². The fourth-order valence-corrected chi connectivity index (χ4v) is 0.406. The second-order valence-corrected chi connectivity index (χ2v) is 2.07. The van der Waals surface area contributed by atoms with Crippen molar-refractivity contribution in [3.05, 3.63) is 24.9 Å². The van der Waals surface area contributed by atoms with Crippen LogP contribution in [0.5, 0.6) is 0 Å². The first-order chi connectivity index (χ1) is 4.31. The quantitative estimate of drug-likeness (QED) is 0.421. The van der Waals surface area contributed by atoms with Gasteiger partial charge in [-0.15, -0.1) is 9.24 Å². The second-order valence-electron chi connectivity index (χ2n) is 1.60. The smallest absolute Gasteiger partial charge is 0.0366 e. The molecule has 1 unspecified atom stereocenters. The lowest BCUT2D eigenvalue weighted by Crippen LogP contribution is -1.78. The van der Waals surface area contributed by atoms with Crippen molar-refractivity contribution in [2.24, 2.45) is 4.99 Å². The van der Waals surface area contributed by atoms with Gasteiger partial charge in [0.2, 0.25) is 0 Å². The van der Waals surface area contributed by atoms with E-state index >= 15 is 0 Å². The van der Waals surface area contributed by atoms with E-state index in [1.165, 1.54) is 0 Å². The summed E-state index contributed by atoms with van der Waals surface area (Å²) in [4.78, 5) is 4.04. The molecule has 0 spiro atoms. The molecule has 0 aromatic rings. The molecule has 0 fully saturated rings. The number of hydrogen-bond acceptors (Lipinski definition) is 1. The molecule has 0 amide bonds. The molecular weight excluding hydrogens is 129 g/mol. The van der Waals surface area contributed by atoms with E-state index in [1.807, 2.05) is 13.0 Å². The number of aliphatic imine (C=N–C) groups is 1. The van der Waals surface area contributed by atoms with Crippen molar-refractivity contribution in [2.45, 2.75) is 6.92 Å². The summed E-state index contributed by atoms with van der Waals surface area (Å²) >= 11 is 0. The van der Waals surface area contributed by atoms with Crippen LogP contribution < -0.4 is 0 Å². The minimum atomic E-state index is 0.949. The third-order valence-corrected chi connectivity index (χ3v) is 1.09. The Labute approximate surface area is 58.8 Å². The number of allylic oxidation sites excluding steroid dienone is 2. The van der Waals surface area contributed by atoms with Gasteiger partial charge in [0.25, 0.3) is 0 Å². The van der Waals surface area contributed by atoms with Gasteiger partial charge in [0, 0.05) is 11.9 Å². The highest BCUT2D eigenvalue weighted by Gasteiger charge is 1.73. The molecule has 0 aliphatic rings. The average molecular weight is 141 g/mol. The van der Waals surface area contributed by atoms with Crippen LogP contribution in [0.25, 0.3) is 0 Å². The SMILES string of the molecule is C=C/C(C)=N\C=C/CP. The minimum Gasteiger partial charge on any atom is -0.262 e. The zero-order valence-corrected chi connectivity index (χ0v) is 6.83. The third kappa shape index (κ3) is 5.45. The normalized spacial score (nSPS) is 12.4. The summed E-state index contributed by atoms with van der Waals surface area (Å²) in [5.41, 5.74) is 0.949. The molecule has 0 aromatic carbocycles. The summed E-state index contributed by atoms with van der Waals surface area (Å²) in [6.45, 7) is 5.49. The molecule has 9 heavy (non-hydrogen) atoms. The fraction of sp³-hybridized carbons (Fsp3) is 0.286. The van der Waals surface area contributed by atoms with E-state index in [9.17, 15) is 0 Å². The van der Waals surface area contributed by atoms with Crippen molar-refractivity contribution in [3.63, 3.8) is 0 Å². The largest absolute Gasteiger partial charge is 0.262 e. The van der Waals surface area contributed by atoms with Gasteiger partial charge in [0.15, 0.2) is 0 Å². The van der Waals surface area contributed by atoms with Gasteiger partial charge in [0.1, 0.15) is 0 Å². The maximum absolute atomic E-state index is 4.04. The first-order valence-electron chi connectivity index (χ1n) is 2.83. The number of nitrogens with zero attached hydrogens (tertiary/aromatic N) is 1. The lowest BCUT2D eigenvalue weighted by molar-refractivity contribution is 1.51. The van der Waals surface area contributed by atoms with E-state index in [1.54, 1.807) is 12.3 Å². The molecule has 0 saturated heterocycles. The second kappa shape index (κ2) is 5.71. The molecule has 0 aliphatic heterocycles. The molecule has 50 valence electrons. The molecule has 1 atom stereocenters. The van der Waals surface area contributed by atoms with Crippen LogP contribution in [-0.4, -0.2) is 11.9 Å². The molecule has 2 heteroatoms. The van der Waals surface area contributed by atoms with Crippen molar-refractivity contribution in [1.29, 1.82) is 0 Å². The molecule has 0 rings (SSSR count). The lowest BCUT2D eigenvalue weighted by Gasteiger charge is -1.82. The van der Waals surface area contributed by atoms with Crippen molar-refractivity contribution in [2.75, 3.05) is 6.16 Å². The maximum atomic E-state index is 4.04. The van der Waals surface area contributed by atoms with Crippen molar-refractivity contribution in [3.8, 4) is 0 Å². The van der Waals surface area contributed by atoms with Crippen LogP contribution >= 0.6 is 9.24 Å². The van der Waals surface area contributed by atoms with Gasteiger partial charge in [-0.3, -0.25) is 4.99 Å². The van der Waals surface area contributed by atoms with Crippen LogP contribution in [-0.2, 0) is 0 Å². The summed E-state index contributed by atoms with van der Waals surface area (Å²) < 4.78 is 0. The van der Waals surface area contributed by atoms with E-state index in [4.69, 9.17) is 0 Å². The molecule has 0 saturated carbocycles. The van der Waals surface area contributed by atoms with Crippen LogP contribution in [0.4, 0.5) is 0 Å². The van der Waals surface area contributed by atoms with Crippen LogP contribution in [0.1, 0.15) is 6.92 Å². The molecule has 0 N–H and O–H groups in total. The Morgan fingerprint density at radius 1 is 1.78 bits per heavy atom. The van der Waals surface area contributed by atoms with E-state index in [-0.39, 0.29) is 0 Å². The fourth-order valence-electron chi connectivity index (χ4n) is 0.284. The predicted molar refractivity (Wildman–Crippen MR) is 47.0 cm³/mol. The van der Waals surface area contributed by atoms with Crippen molar-refractivity contribution in [1.82, 2.24) is 0 Å². The van der Waals surface area contributed by atoms with Crippen LogP contribution in [0.15, 0.2) is 29.9 Å². The maximum Gasteiger partial charge on any atom is 0.0366 e. The first-order valence-corrected chi connectivity index (χ1v) is 3.65. The third-order valence-electron chi connectivity index (χ3n) is 0.815. The molecule has 0 aromatic heterocycles. The highest BCUT2D eigenvalue weighted by Crippen LogP contribution is 1.84. The van der Waals surface area contributed by atoms with Gasteiger partial charge < -0.3 is 0 Å². The molecule has 0 bridgehead atoms. The Hall–Kier alpha value is -0.420. The Kier molecular flexibility index (Phi) is 5.45. The summed E-state index contributed by atoms with van der Waals surface area (Å²) in [7, 11) is 2.59. The minimum absolute atomic E-state index is 0.949. The molecule has 0 heterocycles. The van der Waals surface area contributed by atoms with Gasteiger partial charge in [0.05, 0.1) is 0 Å². The van der Waals surface area contributed by atoms with Crippen LogP contribution in [0, 0.1) is 0 Å². The summed E-state index contributed by atoms with van der Waals surface area (Å²) in [5.74, 6) is 0. The summed E-state index contributed by atoms with van der Waals surface area (Å²) in [5, 5.41) is 0. The highest BCUT2D eigenvalue weighted by molar-refractivity contribution is 7.16. The number of rotatable bonds is 3. The zero-order chi connectivity index (χ0) is 7.11. The number of hydrogen-bond donors (Lipinski definition) is 0. The highest BCUT2D eigenvalue weighted by atomic mass is 31.0. The van der Waals surface area contributed by atoms with Crippen LogP contribution in [0.3, 0.4) is 0 Å². The standard InChI is InChI=1S/C7H12NP/c1-3-7(2)8-5-4-6-9/h3-5H,1,6,9H2,2H3/b5-4-,8-7-. The lowest BCUT2D eigenvalue weighted by atomic mass is 10.4. The summed E-state index contributed by atoms with van der Waals surface area (Å²) in [6.07, 6.45) is 6.43. The monoisotopic (exact) mass is 141 g/mol. The van der Waals surface area contributed by atoms with Gasteiger partial charge in [-0.25, -0.2) is 0 Å². The first kappa shape index (κ1) is 8.58. The Balaban J connectivity index is 3.68. The molecule has 0 aliphatic carbocycles. The van der Waals surface area contributed by atoms with E-state index in [2.05, 4.69) is 20.8 Å². The zero-order valence-electron chi connectivity index (χ0n) is 5.67. The van der Waals surface area contributed by atoms with E-state index in [0.717, 1.165) is 11.9 Å². The van der Waals surface area contributed by atoms with Gasteiger partial charge >= 0.3 is 0 Å². The van der Waals surface area contributed by atoms with Crippen LogP contribution in [0.2, 0.25) is 0 Å². The van der Waals surface area contributed by atoms with Gasteiger partial charge in [-0.2, -0.15) is 0 Å². The Morgan fingerprint density at radius 2 is 2.44 bits per heavy atom. The van der Waals surface area contributed by atoms with Crippen molar-refractivity contribution >= 4 is 15.0 Å². The molecule has 0 radical (unpaired) electrons.